The van der Waals surface area contributed by atoms with Crippen molar-refractivity contribution in [2.75, 3.05) is 18.5 Å². The van der Waals surface area contributed by atoms with Crippen LogP contribution in [0.4, 0.5) is 11.4 Å². The number of ether oxygens (including phenoxy) is 1. The number of nitro benzene ring substituents is 1. The molecule has 0 bridgehead atoms. The predicted octanol–water partition coefficient (Wildman–Crippen LogP) is 3.53. The van der Waals surface area contributed by atoms with Gasteiger partial charge in [0.25, 0.3) is 11.6 Å². The molecule has 0 radical (unpaired) electrons. The van der Waals surface area contributed by atoms with Crippen molar-refractivity contribution < 1.29 is 19.6 Å². The SMILES string of the molecule is O=C(COc1ccc(CCO)cc1-n1nc2ccccc2n1)Nc1ccc(Cl)c([N+](=O)[O-])c1. The highest BCUT2D eigenvalue weighted by molar-refractivity contribution is 6.32. The second kappa shape index (κ2) is 9.63. The molecule has 0 aliphatic carbocycles. The molecule has 0 saturated carbocycles. The van der Waals surface area contributed by atoms with E-state index in [0.717, 1.165) is 5.56 Å². The van der Waals surface area contributed by atoms with Gasteiger partial charge in [-0.15, -0.1) is 15.0 Å². The predicted molar refractivity (Wildman–Crippen MR) is 122 cm³/mol. The molecule has 2 N–H and O–H groups in total. The van der Waals surface area contributed by atoms with Gasteiger partial charge in [-0.2, -0.15) is 0 Å². The maximum atomic E-state index is 12.4. The van der Waals surface area contributed by atoms with E-state index in [1.807, 2.05) is 24.3 Å². The molecule has 11 heteroatoms. The molecule has 4 aromatic rings. The number of hydrogen-bond donors (Lipinski definition) is 2. The van der Waals surface area contributed by atoms with E-state index in [9.17, 15) is 20.0 Å². The van der Waals surface area contributed by atoms with Crippen LogP contribution in [0.5, 0.6) is 5.75 Å². The Morgan fingerprint density at radius 3 is 2.52 bits per heavy atom. The van der Waals surface area contributed by atoms with Crippen LogP contribution in [0, 0.1) is 10.1 Å². The quantitative estimate of drug-likeness (QED) is 0.299. The van der Waals surface area contributed by atoms with E-state index in [1.54, 1.807) is 18.2 Å². The summed E-state index contributed by atoms with van der Waals surface area (Å²) in [4.78, 5) is 24.2. The summed E-state index contributed by atoms with van der Waals surface area (Å²) in [5.74, 6) is -0.162. The van der Waals surface area contributed by atoms with Crippen LogP contribution >= 0.6 is 11.6 Å². The number of fused-ring (bicyclic) bond motifs is 1. The van der Waals surface area contributed by atoms with Crippen molar-refractivity contribution in [3.63, 3.8) is 0 Å². The number of nitrogens with one attached hydrogen (secondary N) is 1. The normalized spacial score (nSPS) is 10.8. The van der Waals surface area contributed by atoms with Gasteiger partial charge in [0.2, 0.25) is 0 Å². The second-order valence-electron chi connectivity index (χ2n) is 7.01. The maximum absolute atomic E-state index is 12.4. The van der Waals surface area contributed by atoms with Gasteiger partial charge in [0.05, 0.1) is 4.92 Å². The Morgan fingerprint density at radius 2 is 1.85 bits per heavy atom. The van der Waals surface area contributed by atoms with Gasteiger partial charge in [0.1, 0.15) is 27.5 Å². The van der Waals surface area contributed by atoms with Crippen LogP contribution in [0.3, 0.4) is 0 Å². The number of carbonyl (C=O) groups excluding carboxylic acids is 1. The highest BCUT2D eigenvalue weighted by Crippen LogP contribution is 2.28. The van der Waals surface area contributed by atoms with E-state index < -0.39 is 10.8 Å². The van der Waals surface area contributed by atoms with E-state index in [-0.39, 0.29) is 29.6 Å². The lowest BCUT2D eigenvalue weighted by Gasteiger charge is -2.12. The summed E-state index contributed by atoms with van der Waals surface area (Å²) < 4.78 is 5.72. The number of aromatic nitrogens is 3. The van der Waals surface area contributed by atoms with Gasteiger partial charge >= 0.3 is 0 Å². The van der Waals surface area contributed by atoms with E-state index >= 15 is 0 Å². The first kappa shape index (κ1) is 22.2. The Hall–Kier alpha value is -4.02. The molecule has 0 aliphatic rings. The van der Waals surface area contributed by atoms with Crippen molar-refractivity contribution in [1.82, 2.24) is 15.0 Å². The zero-order valence-corrected chi connectivity index (χ0v) is 17.9. The number of anilines is 1. The zero-order chi connectivity index (χ0) is 23.4. The van der Waals surface area contributed by atoms with Crippen LogP contribution in [0.15, 0.2) is 60.7 Å². The summed E-state index contributed by atoms with van der Waals surface area (Å²) in [6.45, 7) is -0.382. The molecule has 10 nitrogen and oxygen atoms in total. The topological polar surface area (TPSA) is 132 Å². The molecule has 0 atom stereocenters. The van der Waals surface area contributed by atoms with Crippen LogP contribution in [0.1, 0.15) is 5.56 Å². The van der Waals surface area contributed by atoms with Crippen molar-refractivity contribution in [3.05, 3.63) is 81.4 Å². The van der Waals surface area contributed by atoms with Gasteiger partial charge in [-0.1, -0.05) is 29.8 Å². The van der Waals surface area contributed by atoms with E-state index in [4.69, 9.17) is 16.3 Å². The molecular weight excluding hydrogens is 450 g/mol. The Morgan fingerprint density at radius 1 is 1.12 bits per heavy atom. The van der Waals surface area contributed by atoms with E-state index in [2.05, 4.69) is 15.5 Å². The standard InChI is InChI=1S/C22H18ClN5O5/c23-16-7-6-15(12-19(16)28(31)32)24-22(30)13-33-21-8-5-14(9-10-29)11-20(21)27-25-17-3-1-2-4-18(17)26-27/h1-8,11-12,29H,9-10,13H2,(H,24,30). The van der Waals surface area contributed by atoms with Crippen molar-refractivity contribution in [3.8, 4) is 11.4 Å². The Kier molecular flexibility index (Phi) is 6.48. The molecule has 0 fully saturated rings. The molecule has 33 heavy (non-hydrogen) atoms. The van der Waals surface area contributed by atoms with Gasteiger partial charge in [0, 0.05) is 18.4 Å². The molecule has 0 aliphatic heterocycles. The fraction of sp³-hybridized carbons (Fsp3) is 0.136. The highest BCUT2D eigenvalue weighted by atomic mass is 35.5. The lowest BCUT2D eigenvalue weighted by atomic mass is 10.1. The molecule has 168 valence electrons. The largest absolute Gasteiger partial charge is 0.481 e. The second-order valence-corrected chi connectivity index (χ2v) is 7.42. The number of aliphatic hydroxyl groups is 1. The van der Waals surface area contributed by atoms with Crippen molar-refractivity contribution in [2.45, 2.75) is 6.42 Å². The average molecular weight is 468 g/mol. The molecule has 4 rings (SSSR count). The third-order valence-electron chi connectivity index (χ3n) is 4.71. The van der Waals surface area contributed by atoms with Crippen LogP contribution in [0.25, 0.3) is 16.7 Å². The highest BCUT2D eigenvalue weighted by Gasteiger charge is 2.16. The molecular formula is C22H18ClN5O5. The molecule has 0 spiro atoms. The Labute approximate surface area is 192 Å². The zero-order valence-electron chi connectivity index (χ0n) is 17.1. The average Bonchev–Trinajstić information content (AvgIpc) is 3.23. The number of carbonyl (C=O) groups is 1. The van der Waals surface area contributed by atoms with Crippen LogP contribution in [-0.4, -0.2) is 44.1 Å². The molecule has 1 heterocycles. The summed E-state index contributed by atoms with van der Waals surface area (Å²) in [6.07, 6.45) is 0.434. The van der Waals surface area contributed by atoms with Gasteiger partial charge in [-0.25, -0.2) is 0 Å². The summed E-state index contributed by atoms with van der Waals surface area (Å²) in [6, 6.07) is 16.6. The summed E-state index contributed by atoms with van der Waals surface area (Å²) in [5, 5.41) is 31.8. The summed E-state index contributed by atoms with van der Waals surface area (Å²) in [7, 11) is 0. The maximum Gasteiger partial charge on any atom is 0.289 e. The number of nitro groups is 1. The Balaban J connectivity index is 1.54. The monoisotopic (exact) mass is 467 g/mol. The van der Waals surface area contributed by atoms with Gasteiger partial charge in [-0.05, 0) is 48.4 Å². The molecule has 1 amide bonds. The van der Waals surface area contributed by atoms with E-state index in [0.29, 0.717) is 28.9 Å². The van der Waals surface area contributed by atoms with Crippen LogP contribution < -0.4 is 10.1 Å². The van der Waals surface area contributed by atoms with Crippen molar-refractivity contribution in [1.29, 1.82) is 0 Å². The lowest BCUT2D eigenvalue weighted by molar-refractivity contribution is -0.384. The third-order valence-corrected chi connectivity index (χ3v) is 5.03. The smallest absolute Gasteiger partial charge is 0.289 e. The van der Waals surface area contributed by atoms with Gasteiger partial charge in [-0.3, -0.25) is 14.9 Å². The number of aliphatic hydroxyl groups excluding tert-OH is 1. The van der Waals surface area contributed by atoms with Gasteiger partial charge < -0.3 is 15.2 Å². The number of hydrogen-bond acceptors (Lipinski definition) is 7. The first-order valence-corrected chi connectivity index (χ1v) is 10.3. The molecule has 1 aromatic heterocycles. The number of nitrogens with zero attached hydrogens (tertiary/aromatic N) is 4. The minimum absolute atomic E-state index is 0.0240. The first-order chi connectivity index (χ1) is 15.9. The van der Waals surface area contributed by atoms with Gasteiger partial charge in [0.15, 0.2) is 6.61 Å². The molecule has 0 unspecified atom stereocenters. The number of amides is 1. The van der Waals surface area contributed by atoms with Crippen LogP contribution in [0.2, 0.25) is 5.02 Å². The van der Waals surface area contributed by atoms with Crippen molar-refractivity contribution in [2.24, 2.45) is 0 Å². The third kappa shape index (κ3) is 5.08. The lowest BCUT2D eigenvalue weighted by Crippen LogP contribution is -2.21. The first-order valence-electron chi connectivity index (χ1n) is 9.87. The Bertz CT molecular complexity index is 1310. The number of halogens is 1. The number of rotatable bonds is 8. The minimum Gasteiger partial charge on any atom is -0.481 e. The summed E-state index contributed by atoms with van der Waals surface area (Å²) in [5.41, 5.74) is 2.65. The van der Waals surface area contributed by atoms with Crippen molar-refractivity contribution >= 4 is 39.9 Å². The van der Waals surface area contributed by atoms with E-state index in [1.165, 1.54) is 23.0 Å². The summed E-state index contributed by atoms with van der Waals surface area (Å²) >= 11 is 5.80. The van der Waals surface area contributed by atoms with Crippen LogP contribution in [-0.2, 0) is 11.2 Å². The molecule has 3 aromatic carbocycles. The fourth-order valence-electron chi connectivity index (χ4n) is 3.16. The fourth-order valence-corrected chi connectivity index (χ4v) is 3.35. The minimum atomic E-state index is -0.629. The molecule has 0 saturated heterocycles. The number of benzene rings is 3.